The number of nitrogens with one attached hydrogen (secondary N) is 2. The Labute approximate surface area is 108 Å². The second kappa shape index (κ2) is 5.10. The number of aromatic nitrogens is 2. The molecule has 18 heavy (non-hydrogen) atoms. The fourth-order valence-corrected chi connectivity index (χ4v) is 2.60. The van der Waals surface area contributed by atoms with Crippen LogP contribution < -0.4 is 10.6 Å². The molecule has 0 spiro atoms. The van der Waals surface area contributed by atoms with E-state index in [1.165, 1.54) is 25.8 Å². The topological polar surface area (TPSA) is 53.1 Å². The first-order valence-corrected chi connectivity index (χ1v) is 6.91. The SMILES string of the molecule is CCNc1cc(NC2CCN(C3CC3)C2)ncn1. The summed E-state index contributed by atoms with van der Waals surface area (Å²) >= 11 is 0. The minimum Gasteiger partial charge on any atom is -0.370 e. The van der Waals surface area contributed by atoms with Gasteiger partial charge in [-0.15, -0.1) is 0 Å². The molecular weight excluding hydrogens is 226 g/mol. The van der Waals surface area contributed by atoms with Gasteiger partial charge in [-0.05, 0) is 26.2 Å². The molecule has 0 bridgehead atoms. The summed E-state index contributed by atoms with van der Waals surface area (Å²) in [5.74, 6) is 1.83. The van der Waals surface area contributed by atoms with Gasteiger partial charge in [-0.3, -0.25) is 4.90 Å². The maximum atomic E-state index is 4.29. The van der Waals surface area contributed by atoms with E-state index in [2.05, 4.69) is 32.4 Å². The van der Waals surface area contributed by atoms with Gasteiger partial charge in [0.2, 0.25) is 0 Å². The highest BCUT2D eigenvalue weighted by atomic mass is 15.2. The van der Waals surface area contributed by atoms with Crippen molar-refractivity contribution in [2.45, 2.75) is 38.3 Å². The zero-order valence-corrected chi connectivity index (χ0v) is 10.9. The van der Waals surface area contributed by atoms with Gasteiger partial charge in [0.25, 0.3) is 0 Å². The number of hydrogen-bond donors (Lipinski definition) is 2. The second-order valence-electron chi connectivity index (χ2n) is 5.17. The van der Waals surface area contributed by atoms with Crippen LogP contribution in [0.15, 0.2) is 12.4 Å². The third-order valence-electron chi connectivity index (χ3n) is 3.66. The fourth-order valence-electron chi connectivity index (χ4n) is 2.60. The van der Waals surface area contributed by atoms with E-state index in [1.807, 2.05) is 6.07 Å². The Morgan fingerprint density at radius 3 is 2.89 bits per heavy atom. The molecule has 2 N–H and O–H groups in total. The van der Waals surface area contributed by atoms with Crippen molar-refractivity contribution in [3.8, 4) is 0 Å². The lowest BCUT2D eigenvalue weighted by Gasteiger charge is -2.16. The van der Waals surface area contributed by atoms with Crippen LogP contribution in [0.2, 0.25) is 0 Å². The molecule has 1 aromatic heterocycles. The molecule has 2 heterocycles. The van der Waals surface area contributed by atoms with Crippen molar-refractivity contribution in [3.63, 3.8) is 0 Å². The molecular formula is C13H21N5. The molecule has 98 valence electrons. The molecule has 0 amide bonds. The number of nitrogens with zero attached hydrogens (tertiary/aromatic N) is 3. The molecule has 0 radical (unpaired) electrons. The molecule has 1 aliphatic heterocycles. The summed E-state index contributed by atoms with van der Waals surface area (Å²) in [5.41, 5.74) is 0. The smallest absolute Gasteiger partial charge is 0.131 e. The summed E-state index contributed by atoms with van der Waals surface area (Å²) in [7, 11) is 0. The van der Waals surface area contributed by atoms with Crippen molar-refractivity contribution >= 4 is 11.6 Å². The first-order valence-electron chi connectivity index (χ1n) is 6.91. The predicted octanol–water partition coefficient (Wildman–Crippen LogP) is 1.56. The Balaban J connectivity index is 1.57. The van der Waals surface area contributed by atoms with Crippen LogP contribution >= 0.6 is 0 Å². The minimum atomic E-state index is 0.537. The summed E-state index contributed by atoms with van der Waals surface area (Å²) in [4.78, 5) is 11.1. The molecule has 5 heteroatoms. The zero-order valence-electron chi connectivity index (χ0n) is 10.9. The number of anilines is 2. The van der Waals surface area contributed by atoms with Crippen molar-refractivity contribution in [2.24, 2.45) is 0 Å². The maximum Gasteiger partial charge on any atom is 0.131 e. The largest absolute Gasteiger partial charge is 0.370 e. The van der Waals surface area contributed by atoms with Crippen LogP contribution in [-0.4, -0.2) is 46.6 Å². The van der Waals surface area contributed by atoms with E-state index >= 15 is 0 Å². The average molecular weight is 247 g/mol. The highest BCUT2D eigenvalue weighted by Gasteiger charge is 2.34. The first-order chi connectivity index (χ1) is 8.85. The monoisotopic (exact) mass is 247 g/mol. The molecule has 1 unspecified atom stereocenters. The lowest BCUT2D eigenvalue weighted by molar-refractivity contribution is 0.326. The summed E-state index contributed by atoms with van der Waals surface area (Å²) in [5, 5.41) is 6.73. The highest BCUT2D eigenvalue weighted by molar-refractivity contribution is 5.47. The Morgan fingerprint density at radius 1 is 1.28 bits per heavy atom. The van der Waals surface area contributed by atoms with Crippen LogP contribution in [0.5, 0.6) is 0 Å². The molecule has 1 aliphatic carbocycles. The number of hydrogen-bond acceptors (Lipinski definition) is 5. The summed E-state index contributed by atoms with van der Waals surface area (Å²) in [6, 6.07) is 3.40. The van der Waals surface area contributed by atoms with E-state index in [0.29, 0.717) is 6.04 Å². The van der Waals surface area contributed by atoms with E-state index in [4.69, 9.17) is 0 Å². The van der Waals surface area contributed by atoms with Gasteiger partial charge in [0, 0.05) is 37.8 Å². The maximum absolute atomic E-state index is 4.29. The highest BCUT2D eigenvalue weighted by Crippen LogP contribution is 2.30. The van der Waals surface area contributed by atoms with Gasteiger partial charge < -0.3 is 10.6 Å². The van der Waals surface area contributed by atoms with Crippen LogP contribution in [0, 0.1) is 0 Å². The van der Waals surface area contributed by atoms with E-state index in [0.717, 1.165) is 30.8 Å². The molecule has 2 fully saturated rings. The number of likely N-dealkylation sites (tertiary alicyclic amines) is 1. The predicted molar refractivity (Wildman–Crippen MR) is 72.8 cm³/mol. The molecule has 1 atom stereocenters. The van der Waals surface area contributed by atoms with Crippen molar-refractivity contribution in [1.82, 2.24) is 14.9 Å². The van der Waals surface area contributed by atoms with Crippen LogP contribution in [0.25, 0.3) is 0 Å². The molecule has 5 nitrogen and oxygen atoms in total. The first kappa shape index (κ1) is 11.7. The van der Waals surface area contributed by atoms with E-state index in [-0.39, 0.29) is 0 Å². The van der Waals surface area contributed by atoms with Gasteiger partial charge in [0.1, 0.15) is 18.0 Å². The second-order valence-corrected chi connectivity index (χ2v) is 5.17. The molecule has 3 rings (SSSR count). The van der Waals surface area contributed by atoms with Gasteiger partial charge in [-0.2, -0.15) is 0 Å². The zero-order chi connectivity index (χ0) is 12.4. The molecule has 1 saturated carbocycles. The molecule has 2 aliphatic rings. The third-order valence-corrected chi connectivity index (χ3v) is 3.66. The van der Waals surface area contributed by atoms with Crippen molar-refractivity contribution in [2.75, 3.05) is 30.3 Å². The Bertz CT molecular complexity index is 404. The van der Waals surface area contributed by atoms with Gasteiger partial charge in [0.05, 0.1) is 0 Å². The fraction of sp³-hybridized carbons (Fsp3) is 0.692. The third kappa shape index (κ3) is 2.72. The number of rotatable bonds is 5. The van der Waals surface area contributed by atoms with E-state index in [9.17, 15) is 0 Å². The molecule has 0 aromatic carbocycles. The summed E-state index contributed by atoms with van der Waals surface area (Å²) in [6.45, 7) is 5.34. The molecule has 1 saturated heterocycles. The quantitative estimate of drug-likeness (QED) is 0.827. The van der Waals surface area contributed by atoms with Gasteiger partial charge in [-0.1, -0.05) is 0 Å². The van der Waals surface area contributed by atoms with Crippen LogP contribution in [0.1, 0.15) is 26.2 Å². The summed E-state index contributed by atoms with van der Waals surface area (Å²) < 4.78 is 0. The lowest BCUT2D eigenvalue weighted by atomic mass is 10.2. The van der Waals surface area contributed by atoms with Gasteiger partial charge >= 0.3 is 0 Å². The minimum absolute atomic E-state index is 0.537. The van der Waals surface area contributed by atoms with Crippen LogP contribution in [0.4, 0.5) is 11.6 Å². The molecule has 1 aromatic rings. The van der Waals surface area contributed by atoms with Gasteiger partial charge in [-0.25, -0.2) is 9.97 Å². The Morgan fingerprint density at radius 2 is 2.11 bits per heavy atom. The van der Waals surface area contributed by atoms with Crippen molar-refractivity contribution < 1.29 is 0 Å². The standard InChI is InChI=1S/C13H21N5/c1-2-14-12-7-13(16-9-15-12)17-10-5-6-18(8-10)11-3-4-11/h7,9-11H,2-6,8H2,1H3,(H2,14,15,16,17). The lowest BCUT2D eigenvalue weighted by Crippen LogP contribution is -2.28. The van der Waals surface area contributed by atoms with Crippen molar-refractivity contribution in [1.29, 1.82) is 0 Å². The average Bonchev–Trinajstić information content (AvgIpc) is 3.12. The van der Waals surface area contributed by atoms with Crippen molar-refractivity contribution in [3.05, 3.63) is 12.4 Å². The normalized spacial score (nSPS) is 24.2. The van der Waals surface area contributed by atoms with Gasteiger partial charge in [0.15, 0.2) is 0 Å². The van der Waals surface area contributed by atoms with Crippen LogP contribution in [0.3, 0.4) is 0 Å². The van der Waals surface area contributed by atoms with E-state index in [1.54, 1.807) is 6.33 Å². The van der Waals surface area contributed by atoms with E-state index < -0.39 is 0 Å². The Hall–Kier alpha value is -1.36. The Kier molecular flexibility index (Phi) is 3.32. The summed E-state index contributed by atoms with van der Waals surface area (Å²) in [6.07, 6.45) is 5.63. The van der Waals surface area contributed by atoms with Crippen LogP contribution in [-0.2, 0) is 0 Å².